The number of rotatable bonds is 2. The molecule has 0 aliphatic rings. The van der Waals surface area contributed by atoms with Crippen LogP contribution in [0.25, 0.3) is 0 Å². The van der Waals surface area contributed by atoms with E-state index in [1.165, 1.54) is 0 Å². The van der Waals surface area contributed by atoms with Crippen molar-refractivity contribution in [2.45, 2.75) is 18.0 Å². The van der Waals surface area contributed by atoms with Crippen LogP contribution in [-0.4, -0.2) is 19.8 Å². The molecule has 2 radical (unpaired) electrons. The number of thioether (sulfide) groups is 1. The first-order valence-corrected chi connectivity index (χ1v) is 4.93. The van der Waals surface area contributed by atoms with Crippen LogP contribution in [0.5, 0.6) is 0 Å². The van der Waals surface area contributed by atoms with Crippen LogP contribution in [-0.2, 0) is 0 Å². The number of halogens is 3. The van der Waals surface area contributed by atoms with Crippen LogP contribution in [0.3, 0.4) is 0 Å². The van der Waals surface area contributed by atoms with Gasteiger partial charge in [-0.3, -0.25) is 0 Å². The lowest BCUT2D eigenvalue weighted by Crippen LogP contribution is -2.11. The van der Waals surface area contributed by atoms with E-state index in [9.17, 15) is 13.2 Å². The highest BCUT2D eigenvalue weighted by atomic mass is 32.2. The SMILES string of the molecule is [B]c1ccc(C)c(SCC(F)(F)F)c1. The van der Waals surface area contributed by atoms with Crippen LogP contribution in [0.4, 0.5) is 13.2 Å². The molecular weight excluding hydrogens is 208 g/mol. The predicted molar refractivity (Wildman–Crippen MR) is 53.3 cm³/mol. The first-order chi connectivity index (χ1) is 6.38. The highest BCUT2D eigenvalue weighted by Crippen LogP contribution is 2.28. The van der Waals surface area contributed by atoms with E-state index in [2.05, 4.69) is 0 Å². The van der Waals surface area contributed by atoms with Crippen molar-refractivity contribution < 1.29 is 13.2 Å². The third-order valence-electron chi connectivity index (χ3n) is 1.60. The lowest BCUT2D eigenvalue weighted by atomic mass is 9.95. The van der Waals surface area contributed by atoms with E-state index in [-0.39, 0.29) is 0 Å². The maximum Gasteiger partial charge on any atom is 0.398 e. The summed E-state index contributed by atoms with van der Waals surface area (Å²) in [5.41, 5.74) is 1.30. The predicted octanol–water partition coefficient (Wildman–Crippen LogP) is 2.44. The normalized spacial score (nSPS) is 11.7. The summed E-state index contributed by atoms with van der Waals surface area (Å²) in [6.45, 7) is 1.76. The van der Waals surface area contributed by atoms with Gasteiger partial charge in [-0.25, -0.2) is 0 Å². The Morgan fingerprint density at radius 3 is 2.57 bits per heavy atom. The molecule has 0 atom stereocenters. The van der Waals surface area contributed by atoms with Gasteiger partial charge >= 0.3 is 6.18 Å². The molecule has 5 heteroatoms. The lowest BCUT2D eigenvalue weighted by molar-refractivity contribution is -0.105. The smallest absolute Gasteiger partial charge is 0.170 e. The average molecular weight is 216 g/mol. The van der Waals surface area contributed by atoms with Gasteiger partial charge in [0.05, 0.1) is 5.75 Å². The highest BCUT2D eigenvalue weighted by molar-refractivity contribution is 7.99. The number of aryl methyl sites for hydroxylation is 1. The summed E-state index contributed by atoms with van der Waals surface area (Å²) in [7, 11) is 5.47. The second-order valence-corrected chi connectivity index (χ2v) is 3.95. The van der Waals surface area contributed by atoms with Crippen LogP contribution in [0.1, 0.15) is 5.56 Å². The van der Waals surface area contributed by atoms with Crippen molar-refractivity contribution in [1.82, 2.24) is 0 Å². The van der Waals surface area contributed by atoms with Crippen LogP contribution in [0.15, 0.2) is 23.1 Å². The van der Waals surface area contributed by atoms with E-state index in [0.717, 1.165) is 17.3 Å². The van der Waals surface area contributed by atoms with E-state index in [4.69, 9.17) is 7.85 Å². The molecule has 0 N–H and O–H groups in total. The van der Waals surface area contributed by atoms with Crippen LogP contribution < -0.4 is 5.46 Å². The molecule has 1 aromatic rings. The van der Waals surface area contributed by atoms with E-state index in [0.29, 0.717) is 10.4 Å². The van der Waals surface area contributed by atoms with E-state index >= 15 is 0 Å². The lowest BCUT2D eigenvalue weighted by Gasteiger charge is -2.08. The number of benzene rings is 1. The maximum atomic E-state index is 11.9. The molecular formula is C9H8BF3S. The summed E-state index contributed by atoms with van der Waals surface area (Å²) in [5.74, 6) is -0.878. The number of hydrogen-bond donors (Lipinski definition) is 0. The largest absolute Gasteiger partial charge is 0.398 e. The van der Waals surface area contributed by atoms with Gasteiger partial charge in [0.2, 0.25) is 0 Å². The summed E-state index contributed by atoms with van der Waals surface area (Å²) in [6, 6.07) is 4.95. The minimum Gasteiger partial charge on any atom is -0.170 e. The third-order valence-corrected chi connectivity index (χ3v) is 2.83. The standard InChI is InChI=1S/C9H8BF3S/c1-6-2-3-7(10)4-8(6)14-5-9(11,12)13/h2-4H,5H2,1H3. The van der Waals surface area contributed by atoms with Crippen molar-refractivity contribution in [1.29, 1.82) is 0 Å². The van der Waals surface area contributed by atoms with Crippen molar-refractivity contribution in [2.24, 2.45) is 0 Å². The number of hydrogen-bond acceptors (Lipinski definition) is 1. The van der Waals surface area contributed by atoms with Crippen molar-refractivity contribution in [3.8, 4) is 0 Å². The molecule has 0 amide bonds. The summed E-state index contributed by atoms with van der Waals surface area (Å²) in [6.07, 6.45) is -4.14. The van der Waals surface area contributed by atoms with Gasteiger partial charge < -0.3 is 0 Å². The quantitative estimate of drug-likeness (QED) is 0.540. The Labute approximate surface area is 86.3 Å². The van der Waals surface area contributed by atoms with Gasteiger partial charge in [0, 0.05) is 4.90 Å². The monoisotopic (exact) mass is 216 g/mol. The Bertz CT molecular complexity index is 322. The molecule has 0 saturated heterocycles. The van der Waals surface area contributed by atoms with Gasteiger partial charge in [-0.15, -0.1) is 11.8 Å². The van der Waals surface area contributed by atoms with Crippen molar-refractivity contribution in [3.05, 3.63) is 23.8 Å². The van der Waals surface area contributed by atoms with E-state index in [1.807, 2.05) is 0 Å². The first kappa shape index (κ1) is 11.5. The van der Waals surface area contributed by atoms with Crippen LogP contribution >= 0.6 is 11.8 Å². The summed E-state index contributed by atoms with van der Waals surface area (Å²) >= 11 is 0.763. The molecule has 74 valence electrons. The van der Waals surface area contributed by atoms with Crippen molar-refractivity contribution in [3.63, 3.8) is 0 Å². The van der Waals surface area contributed by atoms with Gasteiger partial charge in [-0.2, -0.15) is 13.2 Å². The highest BCUT2D eigenvalue weighted by Gasteiger charge is 2.27. The fraction of sp³-hybridized carbons (Fsp3) is 0.333. The topological polar surface area (TPSA) is 0 Å². The Balaban J connectivity index is 2.72. The van der Waals surface area contributed by atoms with E-state index in [1.54, 1.807) is 25.1 Å². The molecule has 0 nitrogen and oxygen atoms in total. The molecule has 0 aliphatic carbocycles. The van der Waals surface area contributed by atoms with E-state index < -0.39 is 11.9 Å². The first-order valence-electron chi connectivity index (χ1n) is 3.94. The van der Waals surface area contributed by atoms with Crippen LogP contribution in [0, 0.1) is 6.92 Å². The Hall–Kier alpha value is -0.575. The van der Waals surface area contributed by atoms with Crippen LogP contribution in [0.2, 0.25) is 0 Å². The molecule has 14 heavy (non-hydrogen) atoms. The minimum absolute atomic E-state index is 0.486. The Morgan fingerprint density at radius 2 is 2.00 bits per heavy atom. The zero-order chi connectivity index (χ0) is 10.8. The molecule has 0 spiro atoms. The summed E-state index contributed by atoms with van der Waals surface area (Å²) in [5, 5.41) is 0. The molecule has 0 fully saturated rings. The molecule has 0 aliphatic heterocycles. The molecule has 0 unspecified atom stereocenters. The third kappa shape index (κ3) is 3.66. The van der Waals surface area contributed by atoms with Gasteiger partial charge in [0.1, 0.15) is 7.85 Å². The molecule has 0 bridgehead atoms. The molecule has 0 aromatic heterocycles. The Morgan fingerprint density at radius 1 is 1.36 bits per heavy atom. The summed E-state index contributed by atoms with van der Waals surface area (Å²) in [4.78, 5) is 0.585. The van der Waals surface area contributed by atoms with Gasteiger partial charge in [0.15, 0.2) is 0 Å². The molecule has 1 aromatic carbocycles. The van der Waals surface area contributed by atoms with Crippen molar-refractivity contribution in [2.75, 3.05) is 5.75 Å². The average Bonchev–Trinajstić information content (AvgIpc) is 2.05. The van der Waals surface area contributed by atoms with Gasteiger partial charge in [-0.1, -0.05) is 23.7 Å². The van der Waals surface area contributed by atoms with Gasteiger partial charge in [-0.05, 0) is 12.5 Å². The van der Waals surface area contributed by atoms with Crippen molar-refractivity contribution >= 4 is 25.1 Å². The zero-order valence-corrected chi connectivity index (χ0v) is 8.38. The fourth-order valence-electron chi connectivity index (χ4n) is 0.932. The fourth-order valence-corrected chi connectivity index (χ4v) is 1.77. The molecule has 0 heterocycles. The Kier molecular flexibility index (Phi) is 3.53. The summed E-state index contributed by atoms with van der Waals surface area (Å²) < 4.78 is 35.8. The molecule has 1 rings (SSSR count). The number of alkyl halides is 3. The van der Waals surface area contributed by atoms with Gasteiger partial charge in [0.25, 0.3) is 0 Å². The zero-order valence-electron chi connectivity index (χ0n) is 7.56. The second kappa shape index (κ2) is 4.30. The maximum absolute atomic E-state index is 11.9. The molecule has 0 saturated carbocycles. The second-order valence-electron chi connectivity index (χ2n) is 2.93. The minimum atomic E-state index is -4.14.